The van der Waals surface area contributed by atoms with Gasteiger partial charge in [-0.1, -0.05) is 40.7 Å². The van der Waals surface area contributed by atoms with Crippen LogP contribution < -0.4 is 10.6 Å². The summed E-state index contributed by atoms with van der Waals surface area (Å²) in [6.07, 6.45) is 2.84. The number of rotatable bonds is 9. The van der Waals surface area contributed by atoms with Crippen LogP contribution in [-0.4, -0.2) is 44.0 Å². The molecular formula is C20H25BrN6OS. The highest BCUT2D eigenvalue weighted by atomic mass is 79.9. The fourth-order valence-corrected chi connectivity index (χ4v) is 3.84. The van der Waals surface area contributed by atoms with Crippen molar-refractivity contribution in [2.24, 2.45) is 0 Å². The van der Waals surface area contributed by atoms with E-state index < -0.39 is 0 Å². The van der Waals surface area contributed by atoms with Crippen LogP contribution in [0.4, 0.5) is 5.82 Å². The molecule has 2 aromatic heterocycles. The van der Waals surface area contributed by atoms with Crippen molar-refractivity contribution in [1.82, 2.24) is 25.1 Å². The number of fused-ring (bicyclic) bond motifs is 1. The molecule has 9 heteroatoms. The van der Waals surface area contributed by atoms with Crippen molar-refractivity contribution in [2.75, 3.05) is 17.6 Å². The molecule has 0 aliphatic rings. The molecule has 154 valence electrons. The van der Waals surface area contributed by atoms with Gasteiger partial charge in [-0.25, -0.2) is 14.6 Å². The molecule has 7 nitrogen and oxygen atoms in total. The highest BCUT2D eigenvalue weighted by Crippen LogP contribution is 2.25. The number of halogens is 1. The molecule has 0 bridgehead atoms. The van der Waals surface area contributed by atoms with Crippen molar-refractivity contribution in [1.29, 1.82) is 0 Å². The smallest absolute Gasteiger partial charge is 0.251 e. The molecule has 1 aromatic carbocycles. The standard InChI is InChI=1S/C20H25BrN6OS/c1-4-10-29-20-25-17(24-13(2)3)16-12-23-27(18(16)26-20)9-8-22-19(28)14-6-5-7-15(21)11-14/h5-7,11-13H,4,8-10H2,1-3H3,(H,22,28)(H,24,25,26). The molecule has 2 heterocycles. The largest absolute Gasteiger partial charge is 0.367 e. The number of nitrogens with one attached hydrogen (secondary N) is 2. The zero-order chi connectivity index (χ0) is 20.8. The number of hydrogen-bond acceptors (Lipinski definition) is 6. The molecule has 0 aliphatic carbocycles. The van der Waals surface area contributed by atoms with Crippen LogP contribution in [-0.2, 0) is 6.54 Å². The Balaban J connectivity index is 1.75. The Hall–Kier alpha value is -2.13. The summed E-state index contributed by atoms with van der Waals surface area (Å²) in [6, 6.07) is 7.58. The number of benzene rings is 1. The fourth-order valence-electron chi connectivity index (χ4n) is 2.75. The maximum Gasteiger partial charge on any atom is 0.251 e. The Morgan fingerprint density at radius 2 is 2.14 bits per heavy atom. The lowest BCUT2D eigenvalue weighted by atomic mass is 10.2. The molecule has 29 heavy (non-hydrogen) atoms. The van der Waals surface area contributed by atoms with E-state index >= 15 is 0 Å². The Labute approximate surface area is 183 Å². The molecule has 3 rings (SSSR count). The number of amides is 1. The molecule has 0 saturated carbocycles. The van der Waals surface area contributed by atoms with Gasteiger partial charge in [0.25, 0.3) is 5.91 Å². The van der Waals surface area contributed by atoms with Crippen LogP contribution >= 0.6 is 27.7 Å². The van der Waals surface area contributed by atoms with Crippen molar-refractivity contribution in [3.8, 4) is 0 Å². The van der Waals surface area contributed by atoms with Crippen LogP contribution in [0.5, 0.6) is 0 Å². The third-order valence-electron chi connectivity index (χ3n) is 4.03. The van der Waals surface area contributed by atoms with Crippen LogP contribution in [0.15, 0.2) is 40.1 Å². The van der Waals surface area contributed by atoms with Gasteiger partial charge in [0.15, 0.2) is 10.8 Å². The van der Waals surface area contributed by atoms with E-state index in [0.29, 0.717) is 18.7 Å². The van der Waals surface area contributed by atoms with E-state index in [9.17, 15) is 4.79 Å². The first-order chi connectivity index (χ1) is 14.0. The van der Waals surface area contributed by atoms with E-state index in [1.165, 1.54) is 0 Å². The maximum absolute atomic E-state index is 12.3. The minimum absolute atomic E-state index is 0.112. The molecule has 2 N–H and O–H groups in total. The number of nitrogens with zero attached hydrogens (tertiary/aromatic N) is 4. The minimum atomic E-state index is -0.112. The average molecular weight is 477 g/mol. The molecule has 0 fully saturated rings. The first kappa shape index (κ1) is 21.6. The summed E-state index contributed by atoms with van der Waals surface area (Å²) in [5, 5.41) is 12.4. The van der Waals surface area contributed by atoms with Gasteiger partial charge in [-0.15, -0.1) is 0 Å². The van der Waals surface area contributed by atoms with Gasteiger partial charge in [0.1, 0.15) is 5.82 Å². The lowest BCUT2D eigenvalue weighted by molar-refractivity contribution is 0.0952. The molecule has 0 saturated heterocycles. The van der Waals surface area contributed by atoms with Crippen molar-refractivity contribution < 1.29 is 4.79 Å². The topological polar surface area (TPSA) is 84.7 Å². The van der Waals surface area contributed by atoms with Crippen molar-refractivity contribution in [2.45, 2.75) is 44.9 Å². The van der Waals surface area contributed by atoms with Gasteiger partial charge in [-0.3, -0.25) is 4.79 Å². The Morgan fingerprint density at radius 1 is 1.31 bits per heavy atom. The van der Waals surface area contributed by atoms with Gasteiger partial charge in [0.2, 0.25) is 0 Å². The third-order valence-corrected chi connectivity index (χ3v) is 5.58. The number of thioether (sulfide) groups is 1. The first-order valence-electron chi connectivity index (χ1n) is 9.64. The summed E-state index contributed by atoms with van der Waals surface area (Å²) in [6.45, 7) is 7.27. The number of hydrogen-bond donors (Lipinski definition) is 2. The highest BCUT2D eigenvalue weighted by Gasteiger charge is 2.14. The lowest BCUT2D eigenvalue weighted by Crippen LogP contribution is -2.27. The van der Waals surface area contributed by atoms with Gasteiger partial charge in [-0.05, 0) is 38.5 Å². The molecule has 0 aliphatic heterocycles. The number of aromatic nitrogens is 4. The Morgan fingerprint density at radius 3 is 2.86 bits per heavy atom. The summed E-state index contributed by atoms with van der Waals surface area (Å²) in [5.41, 5.74) is 1.40. The van der Waals surface area contributed by atoms with Gasteiger partial charge in [0.05, 0.1) is 18.1 Å². The summed E-state index contributed by atoms with van der Waals surface area (Å²) >= 11 is 5.03. The van der Waals surface area contributed by atoms with E-state index in [1.54, 1.807) is 30.1 Å². The molecule has 0 unspecified atom stereocenters. The quantitative estimate of drug-likeness (QED) is 0.352. The number of anilines is 1. The summed E-state index contributed by atoms with van der Waals surface area (Å²) < 4.78 is 2.70. The SMILES string of the molecule is CCCSc1nc(NC(C)C)c2cnn(CCNC(=O)c3cccc(Br)c3)c2n1. The van der Waals surface area contributed by atoms with E-state index in [1.807, 2.05) is 16.8 Å². The second-order valence-corrected chi connectivity index (χ2v) is 8.85. The van der Waals surface area contributed by atoms with E-state index in [2.05, 4.69) is 57.4 Å². The van der Waals surface area contributed by atoms with Crippen LogP contribution in [0.1, 0.15) is 37.6 Å². The third kappa shape index (κ3) is 5.70. The minimum Gasteiger partial charge on any atom is -0.367 e. The molecular weight excluding hydrogens is 452 g/mol. The Kier molecular flexibility index (Phi) is 7.49. The second kappa shape index (κ2) is 10.1. The van der Waals surface area contributed by atoms with Crippen LogP contribution in [0.3, 0.4) is 0 Å². The van der Waals surface area contributed by atoms with E-state index in [0.717, 1.165) is 38.7 Å². The normalized spacial score (nSPS) is 11.2. The Bertz CT molecular complexity index is 990. The van der Waals surface area contributed by atoms with Crippen LogP contribution in [0, 0.1) is 0 Å². The molecule has 0 atom stereocenters. The van der Waals surface area contributed by atoms with Gasteiger partial charge in [0, 0.05) is 28.4 Å². The summed E-state index contributed by atoms with van der Waals surface area (Å²) in [7, 11) is 0. The van der Waals surface area contributed by atoms with E-state index in [-0.39, 0.29) is 11.9 Å². The summed E-state index contributed by atoms with van der Waals surface area (Å²) in [5.74, 6) is 1.65. The maximum atomic E-state index is 12.3. The van der Waals surface area contributed by atoms with Crippen molar-refractivity contribution in [3.05, 3.63) is 40.5 Å². The van der Waals surface area contributed by atoms with Gasteiger partial charge >= 0.3 is 0 Å². The predicted octanol–water partition coefficient (Wildman–Crippen LogP) is 4.34. The van der Waals surface area contributed by atoms with Crippen LogP contribution in [0.2, 0.25) is 0 Å². The summed E-state index contributed by atoms with van der Waals surface area (Å²) in [4.78, 5) is 21.7. The van der Waals surface area contributed by atoms with Crippen LogP contribution in [0.25, 0.3) is 11.0 Å². The van der Waals surface area contributed by atoms with Crippen molar-refractivity contribution in [3.63, 3.8) is 0 Å². The predicted molar refractivity (Wildman–Crippen MR) is 122 cm³/mol. The monoisotopic (exact) mass is 476 g/mol. The highest BCUT2D eigenvalue weighted by molar-refractivity contribution is 9.10. The number of carbonyl (C=O) groups excluding carboxylic acids is 1. The van der Waals surface area contributed by atoms with E-state index in [4.69, 9.17) is 4.98 Å². The van der Waals surface area contributed by atoms with Gasteiger partial charge in [-0.2, -0.15) is 5.10 Å². The lowest BCUT2D eigenvalue weighted by Gasteiger charge is -2.12. The zero-order valence-corrected chi connectivity index (χ0v) is 19.2. The first-order valence-corrected chi connectivity index (χ1v) is 11.4. The molecule has 0 radical (unpaired) electrons. The fraction of sp³-hybridized carbons (Fsp3) is 0.400. The molecule has 3 aromatic rings. The average Bonchev–Trinajstić information content (AvgIpc) is 3.09. The van der Waals surface area contributed by atoms with Gasteiger partial charge < -0.3 is 10.6 Å². The van der Waals surface area contributed by atoms with Crippen molar-refractivity contribution >= 4 is 50.5 Å². The number of carbonyl (C=O) groups is 1. The molecule has 1 amide bonds. The molecule has 0 spiro atoms. The second-order valence-electron chi connectivity index (χ2n) is 6.87. The zero-order valence-electron chi connectivity index (χ0n) is 16.8.